The van der Waals surface area contributed by atoms with Gasteiger partial charge >= 0.3 is 0 Å². The maximum absolute atomic E-state index is 13.5. The fourth-order valence-corrected chi connectivity index (χ4v) is 2.49. The molecule has 1 N–H and O–H groups in total. The SMILES string of the molecule is Fc1cc(Cl)cc(-c2cc(=S)nc(-c3ccccc3)[nH]2)c1. The Bertz CT molecular complexity index is 826. The number of H-pyrrole nitrogens is 1. The summed E-state index contributed by atoms with van der Waals surface area (Å²) in [7, 11) is 0. The number of nitrogens with one attached hydrogen (secondary N) is 1. The Balaban J connectivity index is 2.16. The van der Waals surface area contributed by atoms with Crippen molar-refractivity contribution in [2.75, 3.05) is 0 Å². The van der Waals surface area contributed by atoms with Crippen molar-refractivity contribution >= 4 is 23.8 Å². The Morgan fingerprint density at radius 3 is 2.48 bits per heavy atom. The molecule has 0 spiro atoms. The minimum absolute atomic E-state index is 0.336. The number of benzene rings is 2. The van der Waals surface area contributed by atoms with Crippen molar-refractivity contribution in [3.8, 4) is 22.6 Å². The van der Waals surface area contributed by atoms with Gasteiger partial charge in [0.2, 0.25) is 0 Å². The van der Waals surface area contributed by atoms with Crippen LogP contribution in [-0.4, -0.2) is 9.97 Å². The lowest BCUT2D eigenvalue weighted by molar-refractivity contribution is 0.628. The van der Waals surface area contributed by atoms with Crippen molar-refractivity contribution in [1.29, 1.82) is 0 Å². The van der Waals surface area contributed by atoms with Crippen LogP contribution in [-0.2, 0) is 0 Å². The molecule has 5 heteroatoms. The van der Waals surface area contributed by atoms with E-state index in [-0.39, 0.29) is 0 Å². The van der Waals surface area contributed by atoms with Gasteiger partial charge in [-0.3, -0.25) is 0 Å². The highest BCUT2D eigenvalue weighted by atomic mass is 35.5. The maximum Gasteiger partial charge on any atom is 0.139 e. The lowest BCUT2D eigenvalue weighted by Crippen LogP contribution is -1.93. The number of halogens is 2. The maximum atomic E-state index is 13.5. The molecule has 0 unspecified atom stereocenters. The van der Waals surface area contributed by atoms with Gasteiger partial charge in [-0.1, -0.05) is 54.2 Å². The molecule has 2 aromatic carbocycles. The van der Waals surface area contributed by atoms with Crippen LogP contribution in [0.5, 0.6) is 0 Å². The van der Waals surface area contributed by atoms with Gasteiger partial charge in [0.1, 0.15) is 16.3 Å². The molecule has 1 aromatic heterocycles. The van der Waals surface area contributed by atoms with E-state index in [4.69, 9.17) is 23.8 Å². The van der Waals surface area contributed by atoms with Crippen LogP contribution < -0.4 is 0 Å². The molecule has 0 saturated heterocycles. The van der Waals surface area contributed by atoms with Gasteiger partial charge in [0.05, 0.1) is 5.69 Å². The van der Waals surface area contributed by atoms with Gasteiger partial charge in [-0.05, 0) is 24.3 Å². The van der Waals surface area contributed by atoms with E-state index in [0.29, 0.717) is 26.7 Å². The van der Waals surface area contributed by atoms with Crippen LogP contribution in [0.1, 0.15) is 0 Å². The Labute approximate surface area is 131 Å². The summed E-state index contributed by atoms with van der Waals surface area (Å²) < 4.78 is 13.9. The highest BCUT2D eigenvalue weighted by molar-refractivity contribution is 7.71. The Hall–Kier alpha value is -2.04. The smallest absolute Gasteiger partial charge is 0.139 e. The first kappa shape index (κ1) is 13.9. The minimum atomic E-state index is -0.394. The lowest BCUT2D eigenvalue weighted by atomic mass is 10.1. The third-order valence-electron chi connectivity index (χ3n) is 2.96. The van der Waals surface area contributed by atoms with Crippen LogP contribution in [0.4, 0.5) is 4.39 Å². The number of rotatable bonds is 2. The van der Waals surface area contributed by atoms with Crippen LogP contribution in [0, 0.1) is 10.5 Å². The van der Waals surface area contributed by atoms with E-state index >= 15 is 0 Å². The van der Waals surface area contributed by atoms with E-state index in [0.717, 1.165) is 5.56 Å². The predicted molar refractivity (Wildman–Crippen MR) is 85.3 cm³/mol. The number of nitrogens with zero attached hydrogens (tertiary/aromatic N) is 1. The number of hydrogen-bond acceptors (Lipinski definition) is 2. The van der Waals surface area contributed by atoms with E-state index in [2.05, 4.69) is 9.97 Å². The summed E-state index contributed by atoms with van der Waals surface area (Å²) >= 11 is 11.1. The second kappa shape index (κ2) is 5.76. The minimum Gasteiger partial charge on any atom is -0.339 e. The van der Waals surface area contributed by atoms with E-state index in [1.807, 2.05) is 30.3 Å². The predicted octanol–water partition coefficient (Wildman–Crippen LogP) is 5.27. The van der Waals surface area contributed by atoms with Crippen molar-refractivity contribution in [3.05, 3.63) is 70.1 Å². The summed E-state index contributed by atoms with van der Waals surface area (Å²) in [6, 6.07) is 15.6. The molecule has 0 radical (unpaired) electrons. The standard InChI is InChI=1S/C16H10ClFN2S/c17-12-6-11(7-13(18)8-12)14-9-15(21)20-16(19-14)10-4-2-1-3-5-10/h1-9H,(H,19,20,21). The fourth-order valence-electron chi connectivity index (χ4n) is 2.06. The first-order valence-electron chi connectivity index (χ1n) is 6.25. The molecule has 0 fully saturated rings. The van der Waals surface area contributed by atoms with Crippen molar-refractivity contribution in [2.24, 2.45) is 0 Å². The van der Waals surface area contributed by atoms with Crippen LogP contribution in [0.3, 0.4) is 0 Å². The average molecular weight is 317 g/mol. The van der Waals surface area contributed by atoms with E-state index in [9.17, 15) is 4.39 Å². The second-order valence-electron chi connectivity index (χ2n) is 4.51. The summed E-state index contributed by atoms with van der Waals surface area (Å²) in [6.45, 7) is 0. The molecule has 0 bridgehead atoms. The van der Waals surface area contributed by atoms with Crippen LogP contribution >= 0.6 is 23.8 Å². The quantitative estimate of drug-likeness (QED) is 0.653. The summed E-state index contributed by atoms with van der Waals surface area (Å²) in [4.78, 5) is 7.48. The van der Waals surface area contributed by atoms with Gasteiger partial charge in [-0.25, -0.2) is 9.37 Å². The van der Waals surface area contributed by atoms with Gasteiger partial charge in [-0.2, -0.15) is 0 Å². The van der Waals surface area contributed by atoms with E-state index < -0.39 is 5.82 Å². The Morgan fingerprint density at radius 1 is 1.00 bits per heavy atom. The molecule has 0 aliphatic carbocycles. The average Bonchev–Trinajstić information content (AvgIpc) is 2.46. The molecule has 0 amide bonds. The number of aromatic nitrogens is 2. The first-order valence-corrected chi connectivity index (χ1v) is 7.04. The summed E-state index contributed by atoms with van der Waals surface area (Å²) in [6.07, 6.45) is 0. The summed E-state index contributed by atoms with van der Waals surface area (Å²) in [5.74, 6) is 0.244. The van der Waals surface area contributed by atoms with Crippen LogP contribution in [0.15, 0.2) is 54.6 Å². The monoisotopic (exact) mass is 316 g/mol. The van der Waals surface area contributed by atoms with Gasteiger partial charge in [0.25, 0.3) is 0 Å². The van der Waals surface area contributed by atoms with Crippen molar-refractivity contribution < 1.29 is 4.39 Å². The van der Waals surface area contributed by atoms with E-state index in [1.54, 1.807) is 12.1 Å². The fraction of sp³-hybridized carbons (Fsp3) is 0. The van der Waals surface area contributed by atoms with Crippen molar-refractivity contribution in [3.63, 3.8) is 0 Å². The molecule has 21 heavy (non-hydrogen) atoms. The molecule has 3 aromatic rings. The van der Waals surface area contributed by atoms with Crippen molar-refractivity contribution in [1.82, 2.24) is 9.97 Å². The van der Waals surface area contributed by atoms with Crippen LogP contribution in [0.25, 0.3) is 22.6 Å². The zero-order chi connectivity index (χ0) is 14.8. The van der Waals surface area contributed by atoms with Gasteiger partial charge in [0.15, 0.2) is 0 Å². The molecule has 3 rings (SSSR count). The second-order valence-corrected chi connectivity index (χ2v) is 5.36. The van der Waals surface area contributed by atoms with Gasteiger partial charge in [0, 0.05) is 16.1 Å². The molecule has 0 saturated carbocycles. The summed E-state index contributed by atoms with van der Waals surface area (Å²) in [5, 5.41) is 0.336. The molecule has 1 heterocycles. The number of hydrogen-bond donors (Lipinski definition) is 1. The van der Waals surface area contributed by atoms with Crippen molar-refractivity contribution in [2.45, 2.75) is 0 Å². The third kappa shape index (κ3) is 3.17. The zero-order valence-electron chi connectivity index (χ0n) is 10.8. The highest BCUT2D eigenvalue weighted by Gasteiger charge is 2.06. The van der Waals surface area contributed by atoms with E-state index in [1.165, 1.54) is 12.1 Å². The molecule has 0 atom stereocenters. The Kier molecular flexibility index (Phi) is 3.82. The van der Waals surface area contributed by atoms with Gasteiger partial charge in [-0.15, -0.1) is 0 Å². The normalized spacial score (nSPS) is 10.6. The van der Waals surface area contributed by atoms with Crippen LogP contribution in [0.2, 0.25) is 5.02 Å². The highest BCUT2D eigenvalue weighted by Crippen LogP contribution is 2.25. The largest absolute Gasteiger partial charge is 0.339 e. The first-order chi connectivity index (χ1) is 10.1. The lowest BCUT2D eigenvalue weighted by Gasteiger charge is -2.07. The molecular formula is C16H10ClFN2S. The molecule has 0 aliphatic rings. The Morgan fingerprint density at radius 2 is 1.76 bits per heavy atom. The zero-order valence-corrected chi connectivity index (χ0v) is 12.4. The molecular weight excluding hydrogens is 307 g/mol. The molecule has 104 valence electrons. The number of aromatic amines is 1. The topological polar surface area (TPSA) is 28.7 Å². The summed E-state index contributed by atoms with van der Waals surface area (Å²) in [5.41, 5.74) is 2.22. The molecule has 0 aliphatic heterocycles. The van der Waals surface area contributed by atoms with Gasteiger partial charge < -0.3 is 4.98 Å². The third-order valence-corrected chi connectivity index (χ3v) is 3.39. The molecule has 2 nitrogen and oxygen atoms in total.